The fraction of sp³-hybridized carbons (Fsp3) is 0.125. The van der Waals surface area contributed by atoms with Crippen LogP contribution in [0.4, 0.5) is 11.4 Å². The Morgan fingerprint density at radius 1 is 1.03 bits per heavy atom. The van der Waals surface area contributed by atoms with Crippen LogP contribution >= 0.6 is 11.6 Å². The van der Waals surface area contributed by atoms with Crippen molar-refractivity contribution in [3.8, 4) is 17.1 Å². The Kier molecular flexibility index (Phi) is 5.25. The highest BCUT2D eigenvalue weighted by molar-refractivity contribution is 6.34. The molecule has 1 N–H and O–H groups in total. The molecule has 0 spiro atoms. The van der Waals surface area contributed by atoms with Crippen LogP contribution in [0.1, 0.15) is 23.3 Å². The van der Waals surface area contributed by atoms with Crippen LogP contribution in [0.2, 0.25) is 5.02 Å². The van der Waals surface area contributed by atoms with Gasteiger partial charge in [0, 0.05) is 24.7 Å². The second-order valence-electron chi connectivity index (χ2n) is 7.41. The molecule has 0 aliphatic carbocycles. The third kappa shape index (κ3) is 3.78. The number of para-hydroxylation sites is 1. The van der Waals surface area contributed by atoms with E-state index < -0.39 is 0 Å². The van der Waals surface area contributed by atoms with Crippen LogP contribution in [0.5, 0.6) is 0 Å². The van der Waals surface area contributed by atoms with E-state index >= 15 is 0 Å². The number of rotatable bonds is 5. The molecule has 5 rings (SSSR count). The van der Waals surface area contributed by atoms with E-state index in [2.05, 4.69) is 10.4 Å². The number of carbonyl (C=O) groups is 2. The van der Waals surface area contributed by atoms with Gasteiger partial charge >= 0.3 is 0 Å². The predicted molar refractivity (Wildman–Crippen MR) is 122 cm³/mol. The Hall–Kier alpha value is -3.84. The zero-order valence-corrected chi connectivity index (χ0v) is 17.7. The number of aromatic nitrogens is 2. The number of benzene rings is 2. The minimum absolute atomic E-state index is 0.0647. The van der Waals surface area contributed by atoms with Crippen molar-refractivity contribution < 1.29 is 14.0 Å². The molecule has 1 fully saturated rings. The number of hydrogen-bond donors (Lipinski definition) is 1. The molecular formula is C24H19ClN4O3. The Balaban J connectivity index is 1.50. The van der Waals surface area contributed by atoms with Crippen LogP contribution in [0, 0.1) is 0 Å². The molecule has 160 valence electrons. The van der Waals surface area contributed by atoms with Gasteiger partial charge in [0.25, 0.3) is 5.91 Å². The molecule has 0 atom stereocenters. The van der Waals surface area contributed by atoms with Crippen LogP contribution in [0.15, 0.2) is 77.4 Å². The third-order valence-corrected chi connectivity index (χ3v) is 5.63. The zero-order chi connectivity index (χ0) is 22.1. The summed E-state index contributed by atoms with van der Waals surface area (Å²) in [6.07, 6.45) is 2.90. The van der Waals surface area contributed by atoms with E-state index in [9.17, 15) is 9.59 Å². The first kappa shape index (κ1) is 20.1. The maximum Gasteiger partial charge on any atom is 0.274 e. The number of furan rings is 1. The largest absolute Gasteiger partial charge is 0.463 e. The van der Waals surface area contributed by atoms with Gasteiger partial charge in [-0.3, -0.25) is 9.59 Å². The highest BCUT2D eigenvalue weighted by atomic mass is 35.5. The molecule has 8 heteroatoms. The quantitative estimate of drug-likeness (QED) is 0.459. The number of hydrogen-bond acceptors (Lipinski definition) is 4. The number of carbonyl (C=O) groups excluding carboxylic acids is 2. The van der Waals surface area contributed by atoms with Crippen LogP contribution in [-0.2, 0) is 4.79 Å². The molecule has 3 heterocycles. The van der Waals surface area contributed by atoms with Gasteiger partial charge in [0.2, 0.25) is 5.91 Å². The highest BCUT2D eigenvalue weighted by Gasteiger charge is 2.24. The number of anilines is 2. The topological polar surface area (TPSA) is 80.4 Å². The molecule has 0 unspecified atom stereocenters. The van der Waals surface area contributed by atoms with E-state index in [-0.39, 0.29) is 11.8 Å². The summed E-state index contributed by atoms with van der Waals surface area (Å²) in [5, 5.41) is 7.83. The Bertz CT molecular complexity index is 1280. The van der Waals surface area contributed by atoms with Gasteiger partial charge in [-0.15, -0.1) is 0 Å². The average Bonchev–Trinajstić information content (AvgIpc) is 3.56. The summed E-state index contributed by atoms with van der Waals surface area (Å²) in [5.74, 6) is 0.238. The molecule has 0 radical (unpaired) electrons. The summed E-state index contributed by atoms with van der Waals surface area (Å²) in [6.45, 7) is 0.654. The van der Waals surface area contributed by atoms with Gasteiger partial charge in [-0.1, -0.05) is 29.8 Å². The van der Waals surface area contributed by atoms with Crippen molar-refractivity contribution in [3.05, 3.63) is 83.7 Å². The van der Waals surface area contributed by atoms with E-state index in [4.69, 9.17) is 16.0 Å². The molecule has 2 aromatic heterocycles. The summed E-state index contributed by atoms with van der Waals surface area (Å²) in [4.78, 5) is 27.1. The minimum atomic E-state index is -0.383. The molecule has 7 nitrogen and oxygen atoms in total. The van der Waals surface area contributed by atoms with E-state index in [1.54, 1.807) is 52.2 Å². The van der Waals surface area contributed by atoms with Crippen molar-refractivity contribution in [2.45, 2.75) is 12.8 Å². The fourth-order valence-corrected chi connectivity index (χ4v) is 3.90. The lowest BCUT2D eigenvalue weighted by Crippen LogP contribution is -2.24. The second kappa shape index (κ2) is 8.36. The van der Waals surface area contributed by atoms with Gasteiger partial charge in [0.1, 0.15) is 11.4 Å². The molecular weight excluding hydrogens is 428 g/mol. The molecule has 1 aliphatic heterocycles. The molecule has 4 aromatic rings. The molecule has 0 saturated carbocycles. The van der Waals surface area contributed by atoms with Crippen molar-refractivity contribution in [2.24, 2.45) is 0 Å². The minimum Gasteiger partial charge on any atom is -0.463 e. The van der Waals surface area contributed by atoms with Gasteiger partial charge in [-0.2, -0.15) is 5.10 Å². The predicted octanol–water partition coefficient (Wildman–Crippen LogP) is 5.16. The second-order valence-corrected chi connectivity index (χ2v) is 7.81. The van der Waals surface area contributed by atoms with Gasteiger partial charge in [-0.25, -0.2) is 4.68 Å². The van der Waals surface area contributed by atoms with E-state index in [0.29, 0.717) is 46.5 Å². The maximum atomic E-state index is 13.3. The lowest BCUT2D eigenvalue weighted by Gasteiger charge is -2.17. The Labute approximate surface area is 189 Å². The summed E-state index contributed by atoms with van der Waals surface area (Å²) in [5.41, 5.74) is 2.72. The third-order valence-electron chi connectivity index (χ3n) is 5.30. The summed E-state index contributed by atoms with van der Waals surface area (Å²) >= 11 is 6.36. The molecule has 1 aliphatic rings. The number of nitrogens with zero attached hydrogens (tertiary/aromatic N) is 3. The van der Waals surface area contributed by atoms with Crippen molar-refractivity contribution in [3.63, 3.8) is 0 Å². The van der Waals surface area contributed by atoms with Gasteiger partial charge < -0.3 is 14.6 Å². The lowest BCUT2D eigenvalue weighted by molar-refractivity contribution is -0.117. The summed E-state index contributed by atoms with van der Waals surface area (Å²) in [6, 6.07) is 19.8. The highest BCUT2D eigenvalue weighted by Crippen LogP contribution is 2.31. The van der Waals surface area contributed by atoms with Crippen LogP contribution in [0.3, 0.4) is 0 Å². The lowest BCUT2D eigenvalue weighted by atomic mass is 10.2. The number of amides is 2. The fourth-order valence-electron chi connectivity index (χ4n) is 3.74. The van der Waals surface area contributed by atoms with Crippen LogP contribution in [-0.4, -0.2) is 28.1 Å². The molecule has 2 aromatic carbocycles. The number of halogens is 1. The normalized spacial score (nSPS) is 13.5. The zero-order valence-electron chi connectivity index (χ0n) is 17.0. The van der Waals surface area contributed by atoms with E-state index in [1.165, 1.54) is 0 Å². The number of nitrogens with one attached hydrogen (secondary N) is 1. The molecule has 32 heavy (non-hydrogen) atoms. The molecule has 2 amide bonds. The standard InChI is InChI=1S/C24H19ClN4O3/c25-18-11-10-17(28-12-4-9-23(28)30)14-19(18)26-24(31)21-15-20(22-8-5-13-32-22)27-29(21)16-6-2-1-3-7-16/h1-3,5-8,10-11,13-15H,4,9,12H2,(H,26,31). The monoisotopic (exact) mass is 446 g/mol. The molecule has 0 bridgehead atoms. The van der Waals surface area contributed by atoms with Crippen LogP contribution < -0.4 is 10.2 Å². The van der Waals surface area contributed by atoms with Crippen molar-refractivity contribution in [1.29, 1.82) is 0 Å². The van der Waals surface area contributed by atoms with Gasteiger partial charge in [0.15, 0.2) is 5.76 Å². The van der Waals surface area contributed by atoms with E-state index in [0.717, 1.165) is 12.1 Å². The molecule has 1 saturated heterocycles. The van der Waals surface area contributed by atoms with Crippen LogP contribution in [0.25, 0.3) is 17.1 Å². The summed E-state index contributed by atoms with van der Waals surface area (Å²) < 4.78 is 7.02. The van der Waals surface area contributed by atoms with Crippen molar-refractivity contribution in [1.82, 2.24) is 9.78 Å². The first-order valence-corrected chi connectivity index (χ1v) is 10.6. The van der Waals surface area contributed by atoms with E-state index in [1.807, 2.05) is 30.3 Å². The first-order valence-electron chi connectivity index (χ1n) is 10.2. The maximum absolute atomic E-state index is 13.3. The smallest absolute Gasteiger partial charge is 0.274 e. The average molecular weight is 447 g/mol. The first-order chi connectivity index (χ1) is 15.6. The van der Waals surface area contributed by atoms with Crippen molar-refractivity contribution >= 4 is 34.8 Å². The van der Waals surface area contributed by atoms with Gasteiger partial charge in [-0.05, 0) is 48.9 Å². The SMILES string of the molecule is O=C(Nc1cc(N2CCCC2=O)ccc1Cl)c1cc(-c2ccco2)nn1-c1ccccc1. The van der Waals surface area contributed by atoms with Gasteiger partial charge in [0.05, 0.1) is 22.7 Å². The Morgan fingerprint density at radius 2 is 1.88 bits per heavy atom. The van der Waals surface area contributed by atoms with Crippen molar-refractivity contribution in [2.75, 3.05) is 16.8 Å². The summed E-state index contributed by atoms with van der Waals surface area (Å²) in [7, 11) is 0. The Morgan fingerprint density at radius 3 is 2.59 bits per heavy atom.